The van der Waals surface area contributed by atoms with Gasteiger partial charge in [-0.3, -0.25) is 24.1 Å². The zero-order chi connectivity index (χ0) is 37.0. The van der Waals surface area contributed by atoms with E-state index in [4.69, 9.17) is 27.9 Å². The van der Waals surface area contributed by atoms with Crippen molar-refractivity contribution in [1.29, 1.82) is 0 Å². The Morgan fingerprint density at radius 2 is 1.33 bits per heavy atom. The molecule has 3 aromatic rings. The van der Waals surface area contributed by atoms with Crippen molar-refractivity contribution in [3.63, 3.8) is 0 Å². The second-order valence-corrected chi connectivity index (χ2v) is 14.6. The number of hydrogen-bond donors (Lipinski definition) is 1. The number of allylic oxidation sites excluding steroid dienone is 2. The van der Waals surface area contributed by atoms with Crippen LogP contribution in [0.5, 0.6) is 5.75 Å². The first-order chi connectivity index (χ1) is 24.7. The number of anilines is 3. The molecule has 9 nitrogen and oxygen atoms in total. The summed E-state index contributed by atoms with van der Waals surface area (Å²) in [4.78, 5) is 54.4. The molecule has 8 rings (SSSR count). The number of fused-ring (bicyclic) bond motifs is 4. The Kier molecular flexibility index (Phi) is 7.97. The van der Waals surface area contributed by atoms with E-state index in [1.165, 1.54) is 24.3 Å². The molecule has 16 heteroatoms. The van der Waals surface area contributed by atoms with Crippen LogP contribution in [0.3, 0.4) is 0 Å². The molecule has 4 amide bonds. The second kappa shape index (κ2) is 12.0. The SMILES string of the molecule is O=C1[C@H]2[C@H](CC=C3[C@H]2C[C@@]2(Cl)C(=O)N(c4c(F)c(F)c(F)c(F)c4F)C(=O)[C@@]2(Cl)[C@H]3c2ccccc2O)C(=O)N1c1ccc(N2CCOCC2)cc1. The van der Waals surface area contributed by atoms with E-state index in [0.717, 1.165) is 10.6 Å². The number of halogens is 7. The fourth-order valence-electron chi connectivity index (χ4n) is 8.53. The second-order valence-electron chi connectivity index (χ2n) is 13.4. The van der Waals surface area contributed by atoms with Gasteiger partial charge in [0.1, 0.15) is 11.4 Å². The van der Waals surface area contributed by atoms with Crippen LogP contribution in [-0.4, -0.2) is 64.8 Å². The Bertz CT molecular complexity index is 2100. The minimum atomic E-state index is -2.72. The van der Waals surface area contributed by atoms with Gasteiger partial charge in [0.2, 0.25) is 17.6 Å². The number of carbonyl (C=O) groups is 4. The summed E-state index contributed by atoms with van der Waals surface area (Å²) < 4.78 is 78.7. The van der Waals surface area contributed by atoms with E-state index in [2.05, 4.69) is 4.90 Å². The summed E-state index contributed by atoms with van der Waals surface area (Å²) in [7, 11) is 0. The van der Waals surface area contributed by atoms with Crippen molar-refractivity contribution in [3.8, 4) is 5.75 Å². The number of rotatable bonds is 4. The number of carbonyl (C=O) groups excluding carboxylic acids is 4. The topological polar surface area (TPSA) is 107 Å². The number of nitrogens with zero attached hydrogens (tertiary/aromatic N) is 3. The lowest BCUT2D eigenvalue weighted by atomic mass is 9.56. The van der Waals surface area contributed by atoms with E-state index >= 15 is 8.78 Å². The molecule has 0 bridgehead atoms. The summed E-state index contributed by atoms with van der Waals surface area (Å²) in [5.41, 5.74) is -0.557. The molecule has 1 N–H and O–H groups in total. The summed E-state index contributed by atoms with van der Waals surface area (Å²) in [5.74, 6) is -21.9. The van der Waals surface area contributed by atoms with Gasteiger partial charge in [-0.1, -0.05) is 29.8 Å². The fraction of sp³-hybridized carbons (Fsp3) is 0.333. The summed E-state index contributed by atoms with van der Waals surface area (Å²) in [6.45, 7) is 2.41. The van der Waals surface area contributed by atoms with Gasteiger partial charge in [0.15, 0.2) is 33.0 Å². The van der Waals surface area contributed by atoms with Gasteiger partial charge >= 0.3 is 0 Å². The van der Waals surface area contributed by atoms with E-state index in [0.29, 0.717) is 26.3 Å². The summed E-state index contributed by atoms with van der Waals surface area (Å²) in [5, 5.41) is 11.0. The first-order valence-electron chi connectivity index (χ1n) is 16.3. The van der Waals surface area contributed by atoms with Crippen molar-refractivity contribution in [1.82, 2.24) is 0 Å². The first-order valence-corrected chi connectivity index (χ1v) is 17.1. The molecule has 0 aromatic heterocycles. The Hall–Kier alpha value is -4.53. The maximum atomic E-state index is 15.2. The molecule has 2 aliphatic carbocycles. The third kappa shape index (κ3) is 4.49. The summed E-state index contributed by atoms with van der Waals surface area (Å²) in [6, 6.07) is 12.3. The maximum Gasteiger partial charge on any atom is 0.258 e. The van der Waals surface area contributed by atoms with Gasteiger partial charge in [-0.15, -0.1) is 23.2 Å². The van der Waals surface area contributed by atoms with E-state index < -0.39 is 104 Å². The summed E-state index contributed by atoms with van der Waals surface area (Å²) in [6.07, 6.45) is 0.895. The molecule has 3 aromatic carbocycles. The zero-order valence-corrected chi connectivity index (χ0v) is 28.2. The molecule has 4 fully saturated rings. The van der Waals surface area contributed by atoms with Crippen molar-refractivity contribution in [3.05, 3.63) is 94.8 Å². The number of aromatic hydroxyl groups is 1. The highest BCUT2D eigenvalue weighted by atomic mass is 35.5. The summed E-state index contributed by atoms with van der Waals surface area (Å²) >= 11 is 14.2. The highest BCUT2D eigenvalue weighted by Gasteiger charge is 2.77. The van der Waals surface area contributed by atoms with Crippen molar-refractivity contribution >= 4 is 63.9 Å². The molecule has 3 heterocycles. The normalized spacial score (nSPS) is 30.1. The highest BCUT2D eigenvalue weighted by Crippen LogP contribution is 2.66. The van der Waals surface area contributed by atoms with Crippen LogP contribution in [0.2, 0.25) is 0 Å². The van der Waals surface area contributed by atoms with Crippen molar-refractivity contribution in [2.45, 2.75) is 28.5 Å². The standard InChI is InChI=1S/C36H26Cl2F5N3O6/c37-35-15-21-18(9-10-20-23(21)32(49)45(31(20)48)17-7-5-16(6-8-17)44-11-13-52-14-12-44)24(19-3-1-2-4-22(19)47)36(35,38)34(51)46(33(35)50)30-28(42)26(40)25(39)27(41)29(30)43/h1-9,20-21,23-24,47H,10-15H2/t20-,21+,23-,24+,35+,36-/m0/s1. The number of amides is 4. The molecule has 52 heavy (non-hydrogen) atoms. The van der Waals surface area contributed by atoms with Gasteiger partial charge < -0.3 is 14.7 Å². The Balaban J connectivity index is 1.24. The van der Waals surface area contributed by atoms with Crippen LogP contribution in [-0.2, 0) is 23.9 Å². The third-order valence-corrected chi connectivity index (χ3v) is 12.4. The van der Waals surface area contributed by atoms with Crippen LogP contribution in [0.15, 0.2) is 60.2 Å². The van der Waals surface area contributed by atoms with Crippen LogP contribution in [0, 0.1) is 46.8 Å². The number of imide groups is 2. The molecule has 3 saturated heterocycles. The minimum Gasteiger partial charge on any atom is -0.508 e. The van der Waals surface area contributed by atoms with E-state index in [1.54, 1.807) is 30.3 Å². The number of alkyl halides is 2. The van der Waals surface area contributed by atoms with E-state index in [1.807, 2.05) is 0 Å². The van der Waals surface area contributed by atoms with Crippen LogP contribution in [0.25, 0.3) is 0 Å². The van der Waals surface area contributed by atoms with Crippen LogP contribution in [0.1, 0.15) is 24.3 Å². The molecule has 5 aliphatic rings. The van der Waals surface area contributed by atoms with Crippen LogP contribution in [0.4, 0.5) is 39.0 Å². The van der Waals surface area contributed by atoms with Gasteiger partial charge in [-0.2, -0.15) is 0 Å². The lowest BCUT2D eigenvalue weighted by Gasteiger charge is -2.50. The van der Waals surface area contributed by atoms with Crippen LogP contribution >= 0.6 is 23.2 Å². The third-order valence-electron chi connectivity index (χ3n) is 11.0. The number of ether oxygens (including phenoxy) is 1. The predicted molar refractivity (Wildman–Crippen MR) is 176 cm³/mol. The number of para-hydroxylation sites is 1. The smallest absolute Gasteiger partial charge is 0.258 e. The molecule has 0 unspecified atom stereocenters. The number of hydrogen-bond acceptors (Lipinski definition) is 7. The Morgan fingerprint density at radius 1 is 0.731 bits per heavy atom. The Morgan fingerprint density at radius 3 is 1.96 bits per heavy atom. The minimum absolute atomic E-state index is 0.0285. The van der Waals surface area contributed by atoms with Gasteiger partial charge in [-0.05, 0) is 49.1 Å². The molecular formula is C36H26Cl2F5N3O6. The Labute approximate surface area is 302 Å². The van der Waals surface area contributed by atoms with Gasteiger partial charge in [-0.25, -0.2) is 26.9 Å². The predicted octanol–water partition coefficient (Wildman–Crippen LogP) is 5.69. The van der Waals surface area contributed by atoms with Gasteiger partial charge in [0, 0.05) is 30.3 Å². The molecule has 3 aliphatic heterocycles. The molecular weight excluding hydrogens is 736 g/mol. The molecule has 0 spiro atoms. The van der Waals surface area contributed by atoms with Crippen molar-refractivity contribution in [2.24, 2.45) is 17.8 Å². The van der Waals surface area contributed by atoms with Crippen molar-refractivity contribution < 1.29 is 51.0 Å². The zero-order valence-electron chi connectivity index (χ0n) is 26.7. The van der Waals surface area contributed by atoms with E-state index in [-0.39, 0.29) is 28.1 Å². The van der Waals surface area contributed by atoms with E-state index in [9.17, 15) is 37.5 Å². The maximum absolute atomic E-state index is 15.2. The first kappa shape index (κ1) is 34.6. The highest BCUT2D eigenvalue weighted by molar-refractivity contribution is 6.58. The number of morpholine rings is 1. The molecule has 270 valence electrons. The van der Waals surface area contributed by atoms with Gasteiger partial charge in [0.05, 0.1) is 30.7 Å². The van der Waals surface area contributed by atoms with Crippen LogP contribution < -0.4 is 14.7 Å². The fourth-order valence-corrected chi connectivity index (χ4v) is 9.46. The number of phenols is 1. The number of phenolic OH excluding ortho intramolecular Hbond substituents is 1. The number of benzene rings is 3. The molecule has 1 saturated carbocycles. The quantitative estimate of drug-likeness (QED) is 0.0910. The lowest BCUT2D eigenvalue weighted by Crippen LogP contribution is -2.60. The average Bonchev–Trinajstić information content (AvgIpc) is 3.48. The van der Waals surface area contributed by atoms with Gasteiger partial charge in [0.25, 0.3) is 11.8 Å². The molecule has 0 radical (unpaired) electrons. The average molecular weight is 763 g/mol. The largest absolute Gasteiger partial charge is 0.508 e. The van der Waals surface area contributed by atoms with Crippen molar-refractivity contribution in [2.75, 3.05) is 41.0 Å². The lowest BCUT2D eigenvalue weighted by molar-refractivity contribution is -0.125. The monoisotopic (exact) mass is 761 g/mol. The molecule has 6 atom stereocenters.